The molecule has 0 aromatic carbocycles. The minimum Gasteiger partial charge on any atom is -0.630 e. The predicted molar refractivity (Wildman–Crippen MR) is 37.7 cm³/mol. The van der Waals surface area contributed by atoms with Crippen molar-refractivity contribution in [3.8, 4) is 0 Å². The van der Waals surface area contributed by atoms with E-state index in [1.54, 1.807) is 0 Å². The van der Waals surface area contributed by atoms with Crippen LogP contribution in [-0.2, 0) is 9.59 Å². The highest BCUT2D eigenvalue weighted by Crippen LogP contribution is 2.09. The van der Waals surface area contributed by atoms with E-state index in [0.717, 1.165) is 0 Å². The maximum atomic E-state index is 10.6. The Kier molecular flexibility index (Phi) is 3.71. The zero-order valence-electron chi connectivity index (χ0n) is 5.77. The third-order valence-electron chi connectivity index (χ3n) is 0.946. The number of carboxylic acids is 2. The average molecular weight is 178 g/mol. The lowest BCUT2D eigenvalue weighted by molar-refractivity contribution is -0.152. The van der Waals surface area contributed by atoms with E-state index in [2.05, 4.69) is 0 Å². The molecular weight excluding hydrogens is 171 g/mol. The molecule has 0 heterocycles. The van der Waals surface area contributed by atoms with Gasteiger partial charge in [0.2, 0.25) is 5.29 Å². The molecule has 6 heteroatoms. The van der Waals surface area contributed by atoms with Crippen LogP contribution in [0.15, 0.2) is 0 Å². The molecular formula is C5H7O5P. The van der Waals surface area contributed by atoms with Crippen LogP contribution >= 0.6 is 7.77 Å². The molecule has 1 unspecified atom stereocenters. The van der Waals surface area contributed by atoms with E-state index < -0.39 is 31.4 Å². The lowest BCUT2D eigenvalue weighted by Gasteiger charge is -1.95. The van der Waals surface area contributed by atoms with E-state index in [1.807, 2.05) is 0 Å². The Morgan fingerprint density at radius 1 is 1.45 bits per heavy atom. The van der Waals surface area contributed by atoms with Crippen molar-refractivity contribution in [1.29, 1.82) is 0 Å². The van der Waals surface area contributed by atoms with E-state index in [-0.39, 0.29) is 0 Å². The lowest BCUT2D eigenvalue weighted by Crippen LogP contribution is -2.18. The summed E-state index contributed by atoms with van der Waals surface area (Å²) in [6, 6.07) is 0. The van der Waals surface area contributed by atoms with Gasteiger partial charge in [0.25, 0.3) is 0 Å². The van der Waals surface area contributed by atoms with Crippen LogP contribution in [-0.4, -0.2) is 34.1 Å². The van der Waals surface area contributed by atoms with Gasteiger partial charge in [-0.25, -0.2) is 4.79 Å². The smallest absolute Gasteiger partial charge is 0.374 e. The second kappa shape index (κ2) is 4.05. The van der Waals surface area contributed by atoms with Gasteiger partial charge in [-0.3, -0.25) is 4.79 Å². The number of carbonyl (C=O) groups is 2. The molecule has 0 aliphatic carbocycles. The van der Waals surface area contributed by atoms with E-state index in [1.165, 1.54) is 6.66 Å². The Bertz CT molecular complexity index is 215. The predicted octanol–water partition coefficient (Wildman–Crippen LogP) is -0.895. The van der Waals surface area contributed by atoms with Crippen molar-refractivity contribution >= 4 is 25.0 Å². The fraction of sp³-hybridized carbons (Fsp3) is 0.400. The normalized spacial score (nSPS) is 12.2. The second-order valence-corrected chi connectivity index (χ2v) is 3.35. The zero-order chi connectivity index (χ0) is 9.02. The molecule has 0 amide bonds. The van der Waals surface area contributed by atoms with Crippen molar-refractivity contribution in [3.05, 3.63) is 0 Å². The van der Waals surface area contributed by atoms with Crippen molar-refractivity contribution < 1.29 is 24.7 Å². The van der Waals surface area contributed by atoms with Gasteiger partial charge in [0.1, 0.15) is 6.42 Å². The lowest BCUT2D eigenvalue weighted by atomic mass is 10.3. The van der Waals surface area contributed by atoms with Crippen LogP contribution in [0.2, 0.25) is 0 Å². The van der Waals surface area contributed by atoms with Gasteiger partial charge in [0, 0.05) is 0 Å². The van der Waals surface area contributed by atoms with Crippen molar-refractivity contribution in [2.24, 2.45) is 0 Å². The van der Waals surface area contributed by atoms with Gasteiger partial charge in [0.05, 0.1) is 14.4 Å². The Morgan fingerprint density at radius 3 is 2.00 bits per heavy atom. The first-order valence-corrected chi connectivity index (χ1v) is 4.37. The van der Waals surface area contributed by atoms with Crippen LogP contribution < -0.4 is 4.89 Å². The van der Waals surface area contributed by atoms with Gasteiger partial charge in [-0.2, -0.15) is 0 Å². The third kappa shape index (κ3) is 3.70. The van der Waals surface area contributed by atoms with Crippen molar-refractivity contribution in [3.63, 3.8) is 0 Å². The average Bonchev–Trinajstić information content (AvgIpc) is 1.81. The monoisotopic (exact) mass is 178 g/mol. The summed E-state index contributed by atoms with van der Waals surface area (Å²) in [6.45, 7) is 1.17. The van der Waals surface area contributed by atoms with Crippen LogP contribution in [0.25, 0.3) is 0 Å². The van der Waals surface area contributed by atoms with Gasteiger partial charge < -0.3 is 15.1 Å². The zero-order valence-corrected chi connectivity index (χ0v) is 6.67. The molecule has 0 rings (SSSR count). The molecule has 0 spiro atoms. The van der Waals surface area contributed by atoms with Crippen LogP contribution in [0.4, 0.5) is 0 Å². The number of carboxylic acid groups (broad SMARTS) is 2. The van der Waals surface area contributed by atoms with Crippen LogP contribution in [0, 0.1) is 0 Å². The number of aliphatic carboxylic acids is 2. The maximum absolute atomic E-state index is 10.6. The van der Waals surface area contributed by atoms with E-state index >= 15 is 0 Å². The number of rotatable bonds is 3. The van der Waals surface area contributed by atoms with Crippen LogP contribution in [0.5, 0.6) is 0 Å². The fourth-order valence-corrected chi connectivity index (χ4v) is 1.09. The first-order valence-electron chi connectivity index (χ1n) is 2.67. The van der Waals surface area contributed by atoms with Crippen LogP contribution in [0.1, 0.15) is 6.42 Å². The molecule has 2 N–H and O–H groups in total. The highest BCUT2D eigenvalue weighted by molar-refractivity contribution is 7.53. The van der Waals surface area contributed by atoms with Gasteiger partial charge in [-0.15, -0.1) is 0 Å². The van der Waals surface area contributed by atoms with Crippen molar-refractivity contribution in [1.82, 2.24) is 0 Å². The molecule has 0 radical (unpaired) electrons. The highest BCUT2D eigenvalue weighted by atomic mass is 31.1. The topological polar surface area (TPSA) is 97.7 Å². The molecule has 11 heavy (non-hydrogen) atoms. The largest absolute Gasteiger partial charge is 0.630 e. The molecule has 0 aliphatic rings. The SMILES string of the molecule is C[P+]([O-])=C(CC(=O)O)C(=O)O. The van der Waals surface area contributed by atoms with E-state index in [9.17, 15) is 14.5 Å². The number of hydrogen-bond acceptors (Lipinski definition) is 3. The summed E-state index contributed by atoms with van der Waals surface area (Å²) >= 11 is 0. The minimum absolute atomic E-state index is 0.451. The molecule has 0 bridgehead atoms. The van der Waals surface area contributed by atoms with Gasteiger partial charge in [-0.1, -0.05) is 0 Å². The quantitative estimate of drug-likeness (QED) is 0.546. The summed E-state index contributed by atoms with van der Waals surface area (Å²) in [5, 5.41) is 16.0. The first kappa shape index (κ1) is 10.1. The minimum atomic E-state index is -2.05. The van der Waals surface area contributed by atoms with Crippen LogP contribution in [0.3, 0.4) is 0 Å². The van der Waals surface area contributed by atoms with Gasteiger partial charge >= 0.3 is 11.9 Å². The Morgan fingerprint density at radius 2 is 1.91 bits per heavy atom. The summed E-state index contributed by atoms with van der Waals surface area (Å²) in [5.41, 5.74) is 0. The molecule has 5 nitrogen and oxygen atoms in total. The van der Waals surface area contributed by atoms with E-state index in [4.69, 9.17) is 10.2 Å². The molecule has 0 aliphatic heterocycles. The third-order valence-corrected chi connectivity index (χ3v) is 2.06. The Hall–Kier alpha value is -0.930. The standard InChI is InChI=1S/C5H7O5P/c1-11(10)3(5(8)9)2-4(6)7/h2H2,1H3,(H,6,7)(H,8,9). The summed E-state index contributed by atoms with van der Waals surface area (Å²) in [4.78, 5) is 30.8. The Labute approximate surface area is 63.7 Å². The van der Waals surface area contributed by atoms with Gasteiger partial charge in [0.15, 0.2) is 0 Å². The molecule has 0 aromatic heterocycles. The summed E-state index contributed by atoms with van der Waals surface area (Å²) < 4.78 is 0. The molecule has 0 saturated carbocycles. The van der Waals surface area contributed by atoms with Crippen molar-refractivity contribution in [2.45, 2.75) is 6.42 Å². The van der Waals surface area contributed by atoms with E-state index in [0.29, 0.717) is 0 Å². The molecule has 0 aromatic rings. The molecule has 62 valence electrons. The summed E-state index contributed by atoms with van der Waals surface area (Å²) in [7, 11) is -2.05. The first-order chi connectivity index (χ1) is 4.95. The molecule has 0 saturated heterocycles. The summed E-state index contributed by atoms with van der Waals surface area (Å²) in [5.74, 6) is -2.69. The second-order valence-electron chi connectivity index (χ2n) is 1.82. The maximum Gasteiger partial charge on any atom is 0.374 e. The summed E-state index contributed by atoms with van der Waals surface area (Å²) in [6.07, 6.45) is -0.666. The molecule has 1 atom stereocenters. The van der Waals surface area contributed by atoms with Gasteiger partial charge in [-0.05, 0) is 0 Å². The van der Waals surface area contributed by atoms with Crippen molar-refractivity contribution in [2.75, 3.05) is 6.66 Å². The highest BCUT2D eigenvalue weighted by Gasteiger charge is 2.19. The fourth-order valence-electron chi connectivity index (χ4n) is 0.465. The number of hydrogen-bond donors (Lipinski definition) is 2. The Balaban J connectivity index is 4.52. The molecule has 0 fully saturated rings.